The molecule has 6 nitrogen and oxygen atoms in total. The monoisotopic (exact) mass is 416 g/mol. The number of hydrogen-bond acceptors (Lipinski definition) is 6. The Hall–Kier alpha value is -1.69. The molecule has 1 spiro atoms. The molecule has 1 aliphatic heterocycles. The lowest BCUT2D eigenvalue weighted by molar-refractivity contribution is -0.197. The molecule has 0 radical (unpaired) electrons. The Bertz CT molecular complexity index is 847. The average molecular weight is 417 g/mol. The molecule has 164 valence electrons. The van der Waals surface area contributed by atoms with Crippen LogP contribution in [0.4, 0.5) is 0 Å². The molecular weight excluding hydrogens is 384 g/mol. The summed E-state index contributed by atoms with van der Waals surface area (Å²) in [5.74, 6) is -0.636. The standard InChI is InChI=1S/C24H32O6/c1-22-7-4-14(25)10-13(22)11-15(21(28)29-3)19-16-5-8-24(9-6-18(27)30-24)23(16,2)12-17(26)20(19)22/h10,15-17,19-20,26H,4-9,11-12H2,1-3H3/t15-,16-,17-,19+,20+,22+,23+,24-/m1/s1. The van der Waals surface area contributed by atoms with Gasteiger partial charge in [0.25, 0.3) is 0 Å². The average Bonchev–Trinajstić information content (AvgIpc) is 3.21. The summed E-state index contributed by atoms with van der Waals surface area (Å²) in [6.07, 6.45) is 6.21. The van der Waals surface area contributed by atoms with Crippen LogP contribution in [0.1, 0.15) is 65.2 Å². The first-order chi connectivity index (χ1) is 14.1. The van der Waals surface area contributed by atoms with Crippen molar-refractivity contribution in [3.8, 4) is 0 Å². The number of carbonyl (C=O) groups excluding carboxylic acids is 3. The first kappa shape index (κ1) is 20.2. The van der Waals surface area contributed by atoms with E-state index in [-0.39, 0.29) is 52.2 Å². The largest absolute Gasteiger partial charge is 0.469 e. The molecule has 30 heavy (non-hydrogen) atoms. The number of ketones is 1. The van der Waals surface area contributed by atoms with Crippen LogP contribution in [0, 0.1) is 34.5 Å². The fourth-order valence-electron chi connectivity index (χ4n) is 8.35. The van der Waals surface area contributed by atoms with Gasteiger partial charge in [-0.2, -0.15) is 0 Å². The summed E-state index contributed by atoms with van der Waals surface area (Å²) in [7, 11) is 1.42. The van der Waals surface area contributed by atoms with Gasteiger partial charge in [0.2, 0.25) is 0 Å². The van der Waals surface area contributed by atoms with Gasteiger partial charge in [0.15, 0.2) is 5.78 Å². The molecule has 0 unspecified atom stereocenters. The van der Waals surface area contributed by atoms with Crippen LogP contribution in [0.25, 0.3) is 0 Å². The minimum absolute atomic E-state index is 0.0415. The van der Waals surface area contributed by atoms with Crippen molar-refractivity contribution in [2.24, 2.45) is 34.5 Å². The van der Waals surface area contributed by atoms with E-state index in [0.717, 1.165) is 18.4 Å². The highest BCUT2D eigenvalue weighted by molar-refractivity contribution is 5.92. The zero-order valence-corrected chi connectivity index (χ0v) is 18.1. The number of methoxy groups -OCH3 is 1. The highest BCUT2D eigenvalue weighted by atomic mass is 16.6. The number of aliphatic hydroxyl groups is 1. The molecule has 4 aliphatic carbocycles. The van der Waals surface area contributed by atoms with Crippen molar-refractivity contribution >= 4 is 17.7 Å². The zero-order valence-electron chi connectivity index (χ0n) is 18.1. The number of hydrogen-bond donors (Lipinski definition) is 1. The lowest BCUT2D eigenvalue weighted by Crippen LogP contribution is -2.62. The highest BCUT2D eigenvalue weighted by Gasteiger charge is 2.71. The van der Waals surface area contributed by atoms with E-state index < -0.39 is 11.7 Å². The molecule has 1 saturated heterocycles. The number of allylic oxidation sites excluding steroid dienone is 1. The summed E-state index contributed by atoms with van der Waals surface area (Å²) in [6.45, 7) is 4.33. The molecule has 1 heterocycles. The molecule has 0 amide bonds. The van der Waals surface area contributed by atoms with Crippen molar-refractivity contribution in [3.63, 3.8) is 0 Å². The van der Waals surface area contributed by atoms with Crippen LogP contribution in [0.5, 0.6) is 0 Å². The van der Waals surface area contributed by atoms with Gasteiger partial charge in [0.05, 0.1) is 19.1 Å². The topological polar surface area (TPSA) is 89.9 Å². The summed E-state index contributed by atoms with van der Waals surface area (Å²) in [6, 6.07) is 0. The summed E-state index contributed by atoms with van der Waals surface area (Å²) in [5.41, 5.74) is -0.168. The number of aliphatic hydroxyl groups excluding tert-OH is 1. The minimum Gasteiger partial charge on any atom is -0.469 e. The first-order valence-electron chi connectivity index (χ1n) is 11.4. The van der Waals surface area contributed by atoms with Crippen molar-refractivity contribution < 1.29 is 29.0 Å². The van der Waals surface area contributed by atoms with Crippen molar-refractivity contribution in [1.29, 1.82) is 0 Å². The molecule has 5 aliphatic rings. The molecule has 0 aromatic carbocycles. The SMILES string of the molecule is COC(=O)[C@@H]1CC2=CC(=O)CC[C@]2(C)[C@@H]2[C@@H]1[C@H]1CC[C@@]3(CCC(=O)O3)[C@@]1(C)C[C@H]2O. The Kier molecular flexibility index (Phi) is 4.32. The first-order valence-corrected chi connectivity index (χ1v) is 11.4. The van der Waals surface area contributed by atoms with Gasteiger partial charge >= 0.3 is 11.9 Å². The quantitative estimate of drug-likeness (QED) is 0.661. The molecule has 0 aromatic rings. The van der Waals surface area contributed by atoms with Crippen molar-refractivity contribution in [2.45, 2.75) is 76.9 Å². The number of esters is 2. The maximum Gasteiger partial charge on any atom is 0.309 e. The Morgan fingerprint density at radius 3 is 2.63 bits per heavy atom. The Balaban J connectivity index is 1.62. The Morgan fingerprint density at radius 2 is 1.97 bits per heavy atom. The molecular formula is C24H32O6. The summed E-state index contributed by atoms with van der Waals surface area (Å²) in [4.78, 5) is 37.2. The predicted octanol–water partition coefficient (Wildman–Crippen LogP) is 2.96. The van der Waals surface area contributed by atoms with E-state index in [1.165, 1.54) is 7.11 Å². The molecule has 0 bridgehead atoms. The van der Waals surface area contributed by atoms with Crippen LogP contribution in [-0.2, 0) is 23.9 Å². The van der Waals surface area contributed by atoms with Crippen LogP contribution in [0.2, 0.25) is 0 Å². The smallest absolute Gasteiger partial charge is 0.309 e. The molecule has 4 fully saturated rings. The lowest BCUT2D eigenvalue weighted by Gasteiger charge is -2.62. The Morgan fingerprint density at radius 1 is 1.20 bits per heavy atom. The van der Waals surface area contributed by atoms with Crippen molar-refractivity contribution in [3.05, 3.63) is 11.6 Å². The molecule has 8 atom stereocenters. The number of ether oxygens (including phenoxy) is 2. The van der Waals surface area contributed by atoms with Crippen LogP contribution < -0.4 is 0 Å². The molecule has 6 heteroatoms. The number of fused-ring (bicyclic) bond motifs is 6. The second-order valence-electron chi connectivity index (χ2n) is 10.8. The van der Waals surface area contributed by atoms with E-state index in [1.54, 1.807) is 6.08 Å². The second-order valence-corrected chi connectivity index (χ2v) is 10.8. The Labute approximate surface area is 177 Å². The van der Waals surface area contributed by atoms with Crippen LogP contribution in [-0.4, -0.2) is 41.6 Å². The fourth-order valence-corrected chi connectivity index (χ4v) is 8.35. The maximum atomic E-state index is 12.9. The van der Waals surface area contributed by atoms with Gasteiger partial charge in [0, 0.05) is 18.3 Å². The molecule has 0 aromatic heterocycles. The maximum absolute atomic E-state index is 12.9. The van der Waals surface area contributed by atoms with E-state index in [9.17, 15) is 19.5 Å². The number of carbonyl (C=O) groups is 3. The van der Waals surface area contributed by atoms with Gasteiger partial charge in [-0.25, -0.2) is 0 Å². The molecule has 5 rings (SSSR count). The summed E-state index contributed by atoms with van der Waals surface area (Å²) in [5, 5.41) is 11.6. The second kappa shape index (κ2) is 6.41. The van der Waals surface area contributed by atoms with Crippen LogP contribution in [0.3, 0.4) is 0 Å². The minimum atomic E-state index is -0.611. The lowest BCUT2D eigenvalue weighted by atomic mass is 9.43. The third-order valence-corrected chi connectivity index (χ3v) is 9.79. The fraction of sp³-hybridized carbons (Fsp3) is 0.792. The predicted molar refractivity (Wildman–Crippen MR) is 107 cm³/mol. The van der Waals surface area contributed by atoms with Gasteiger partial charge < -0.3 is 14.6 Å². The normalized spacial score (nSPS) is 49.7. The zero-order chi connectivity index (χ0) is 21.5. The van der Waals surface area contributed by atoms with E-state index in [1.807, 2.05) is 0 Å². The van der Waals surface area contributed by atoms with E-state index in [2.05, 4.69) is 13.8 Å². The van der Waals surface area contributed by atoms with E-state index >= 15 is 0 Å². The van der Waals surface area contributed by atoms with E-state index in [4.69, 9.17) is 9.47 Å². The summed E-state index contributed by atoms with van der Waals surface area (Å²) < 4.78 is 11.2. The van der Waals surface area contributed by atoms with Gasteiger partial charge in [-0.05, 0) is 67.8 Å². The highest BCUT2D eigenvalue weighted by Crippen LogP contribution is 2.70. The van der Waals surface area contributed by atoms with Gasteiger partial charge in [-0.1, -0.05) is 19.4 Å². The van der Waals surface area contributed by atoms with Crippen LogP contribution in [0.15, 0.2) is 11.6 Å². The molecule has 3 saturated carbocycles. The van der Waals surface area contributed by atoms with Gasteiger partial charge in [-0.15, -0.1) is 0 Å². The van der Waals surface area contributed by atoms with Crippen molar-refractivity contribution in [1.82, 2.24) is 0 Å². The summed E-state index contributed by atoms with van der Waals surface area (Å²) >= 11 is 0. The third-order valence-electron chi connectivity index (χ3n) is 9.79. The van der Waals surface area contributed by atoms with Crippen LogP contribution >= 0.6 is 0 Å². The molecule has 1 N–H and O–H groups in total. The number of rotatable bonds is 1. The third kappa shape index (κ3) is 2.43. The van der Waals surface area contributed by atoms with Gasteiger partial charge in [0.1, 0.15) is 5.60 Å². The van der Waals surface area contributed by atoms with Crippen molar-refractivity contribution in [2.75, 3.05) is 7.11 Å². The van der Waals surface area contributed by atoms with Gasteiger partial charge in [-0.3, -0.25) is 14.4 Å². The van der Waals surface area contributed by atoms with E-state index in [0.29, 0.717) is 38.5 Å².